The summed E-state index contributed by atoms with van der Waals surface area (Å²) in [5, 5.41) is 46.4. The van der Waals surface area contributed by atoms with E-state index >= 15 is 0 Å². The Kier molecular flexibility index (Phi) is 7.09. The molecule has 1 aromatic carbocycles. The predicted octanol–water partition coefficient (Wildman–Crippen LogP) is 5.92. The number of Topliss-reactive ketones (excluding diaryl/α,β-unsaturated/α-hetero) is 4. The van der Waals surface area contributed by atoms with E-state index in [0.29, 0.717) is 23.1 Å². The van der Waals surface area contributed by atoms with E-state index < -0.39 is 62.7 Å². The van der Waals surface area contributed by atoms with Crippen molar-refractivity contribution < 1.29 is 39.6 Å². The Balaban J connectivity index is 1.72. The van der Waals surface area contributed by atoms with Gasteiger partial charge in [-0.15, -0.1) is 0 Å². The molecule has 0 fully saturated rings. The third-order valence-corrected chi connectivity index (χ3v) is 10.2. The number of allylic oxidation sites excluding steroid dienone is 6. The van der Waals surface area contributed by atoms with Crippen LogP contribution in [0.2, 0.25) is 0 Å². The van der Waals surface area contributed by atoms with E-state index in [1.54, 1.807) is 33.8 Å². The zero-order valence-corrected chi connectivity index (χ0v) is 26.7. The maximum absolute atomic E-state index is 14.3. The van der Waals surface area contributed by atoms with Crippen LogP contribution in [0.4, 0.5) is 0 Å². The molecular formula is C36H42O8. The number of carbonyl (C=O) groups is 4. The number of carbonyl (C=O) groups excluding carboxylic acids is 4. The van der Waals surface area contributed by atoms with E-state index in [1.165, 1.54) is 6.07 Å². The summed E-state index contributed by atoms with van der Waals surface area (Å²) in [6.45, 7) is 14.1. The molecule has 2 unspecified atom stereocenters. The summed E-state index contributed by atoms with van der Waals surface area (Å²) in [5.74, 6) is -5.98. The molecule has 4 N–H and O–H groups in total. The number of fused-ring (bicyclic) bond motifs is 3. The molecule has 0 saturated carbocycles. The lowest BCUT2D eigenvalue weighted by molar-refractivity contribution is -0.171. The van der Waals surface area contributed by atoms with Gasteiger partial charge in [-0.05, 0) is 53.9 Å². The van der Waals surface area contributed by atoms with Crippen LogP contribution in [0, 0.1) is 34.0 Å². The number of aromatic hydroxyl groups is 1. The number of rotatable bonds is 5. The Morgan fingerprint density at radius 2 is 1.70 bits per heavy atom. The quantitative estimate of drug-likeness (QED) is 0.304. The van der Waals surface area contributed by atoms with Gasteiger partial charge in [-0.1, -0.05) is 72.8 Å². The third-order valence-electron chi connectivity index (χ3n) is 10.2. The minimum absolute atomic E-state index is 0.00365. The summed E-state index contributed by atoms with van der Waals surface area (Å²) in [7, 11) is 0. The molecule has 0 heterocycles. The first-order valence-electron chi connectivity index (χ1n) is 15.2. The van der Waals surface area contributed by atoms with E-state index in [-0.39, 0.29) is 46.8 Å². The smallest absolute Gasteiger partial charge is 0.209 e. The molecular weight excluding hydrogens is 560 g/mol. The lowest BCUT2D eigenvalue weighted by Gasteiger charge is -2.59. The lowest BCUT2D eigenvalue weighted by atomic mass is 9.44. The van der Waals surface area contributed by atoms with Gasteiger partial charge in [-0.2, -0.15) is 0 Å². The van der Waals surface area contributed by atoms with Crippen molar-refractivity contribution in [2.45, 2.75) is 80.3 Å². The molecule has 5 atom stereocenters. The molecule has 0 aliphatic heterocycles. The summed E-state index contributed by atoms with van der Waals surface area (Å²) < 4.78 is 0. The maximum atomic E-state index is 14.3. The molecule has 8 heteroatoms. The van der Waals surface area contributed by atoms with E-state index in [0.717, 1.165) is 6.92 Å². The van der Waals surface area contributed by atoms with Gasteiger partial charge in [0.05, 0.1) is 11.5 Å². The van der Waals surface area contributed by atoms with Gasteiger partial charge in [0.1, 0.15) is 28.6 Å². The third kappa shape index (κ3) is 4.20. The fourth-order valence-corrected chi connectivity index (χ4v) is 8.65. The molecule has 234 valence electrons. The highest BCUT2D eigenvalue weighted by molar-refractivity contribution is 6.25. The first-order valence-corrected chi connectivity index (χ1v) is 15.2. The van der Waals surface area contributed by atoms with Gasteiger partial charge < -0.3 is 20.4 Å². The minimum atomic E-state index is -2.66. The molecule has 44 heavy (non-hydrogen) atoms. The van der Waals surface area contributed by atoms with Crippen LogP contribution in [0.3, 0.4) is 0 Å². The van der Waals surface area contributed by atoms with Crippen molar-refractivity contribution in [1.29, 1.82) is 0 Å². The Morgan fingerprint density at radius 1 is 1.07 bits per heavy atom. The number of ketones is 4. The summed E-state index contributed by atoms with van der Waals surface area (Å²) in [6.07, 6.45) is 5.98. The van der Waals surface area contributed by atoms with Crippen LogP contribution in [-0.4, -0.2) is 49.2 Å². The molecule has 0 aromatic heterocycles. The number of aliphatic hydroxyl groups is 3. The first kappa shape index (κ1) is 31.6. The monoisotopic (exact) mass is 602 g/mol. The molecule has 0 radical (unpaired) electrons. The predicted molar refractivity (Wildman–Crippen MR) is 165 cm³/mol. The second-order valence-electron chi connectivity index (χ2n) is 15.1. The number of aliphatic hydroxyl groups excluding tert-OH is 2. The molecule has 5 rings (SSSR count). The SMILES string of the molecule is CC(=O)C1=C(O)C(C(C)C)[C@@]2(C)C[C@@]3(C)Cc4c(C5=CC=CC5C(=O)CC(C)(C)C)ccc(O)c4C(=O)C3=C(O)[C@@]2(O)C1=O. The van der Waals surface area contributed by atoms with Crippen LogP contribution in [0.1, 0.15) is 89.7 Å². The van der Waals surface area contributed by atoms with Gasteiger partial charge in [-0.25, -0.2) is 0 Å². The highest BCUT2D eigenvalue weighted by atomic mass is 16.3. The van der Waals surface area contributed by atoms with Crippen LogP contribution in [-0.2, 0) is 20.8 Å². The summed E-state index contributed by atoms with van der Waals surface area (Å²) in [6, 6.07) is 3.08. The largest absolute Gasteiger partial charge is 0.511 e. The first-order chi connectivity index (χ1) is 20.2. The number of phenolic OH excluding ortho intramolecular Hbond substituents is 1. The molecule has 8 nitrogen and oxygen atoms in total. The van der Waals surface area contributed by atoms with Gasteiger partial charge in [-0.3, -0.25) is 19.2 Å². The topological polar surface area (TPSA) is 149 Å². The fraction of sp³-hybridized carbons (Fsp3) is 0.500. The van der Waals surface area contributed by atoms with Crippen molar-refractivity contribution >= 4 is 28.7 Å². The van der Waals surface area contributed by atoms with E-state index in [2.05, 4.69) is 0 Å². The number of hydrogen-bond donors (Lipinski definition) is 4. The second kappa shape index (κ2) is 9.86. The van der Waals surface area contributed by atoms with Crippen LogP contribution in [0.5, 0.6) is 5.75 Å². The Morgan fingerprint density at radius 3 is 2.27 bits per heavy atom. The normalized spacial score (nSPS) is 31.6. The Bertz CT molecular complexity index is 1660. The summed E-state index contributed by atoms with van der Waals surface area (Å²) in [4.78, 5) is 54.2. The average Bonchev–Trinajstić information content (AvgIpc) is 3.35. The number of phenols is 1. The van der Waals surface area contributed by atoms with Crippen LogP contribution < -0.4 is 0 Å². The van der Waals surface area contributed by atoms with Crippen molar-refractivity contribution in [3.8, 4) is 5.75 Å². The zero-order chi connectivity index (χ0) is 32.9. The van der Waals surface area contributed by atoms with E-state index in [9.17, 15) is 39.6 Å². The molecule has 4 aliphatic rings. The van der Waals surface area contributed by atoms with Crippen LogP contribution >= 0.6 is 0 Å². The number of hydrogen-bond acceptors (Lipinski definition) is 8. The van der Waals surface area contributed by atoms with Crippen molar-refractivity contribution in [1.82, 2.24) is 0 Å². The van der Waals surface area contributed by atoms with Gasteiger partial charge in [0, 0.05) is 28.7 Å². The average molecular weight is 603 g/mol. The van der Waals surface area contributed by atoms with E-state index in [1.807, 2.05) is 39.0 Å². The van der Waals surface area contributed by atoms with Crippen LogP contribution in [0.15, 0.2) is 53.0 Å². The lowest BCUT2D eigenvalue weighted by Crippen LogP contribution is -2.67. The van der Waals surface area contributed by atoms with Crippen molar-refractivity contribution in [3.63, 3.8) is 0 Å². The summed E-state index contributed by atoms with van der Waals surface area (Å²) in [5.41, 5.74) is -4.51. The molecule has 0 amide bonds. The molecule has 1 aromatic rings. The van der Waals surface area contributed by atoms with Gasteiger partial charge in [0.2, 0.25) is 5.78 Å². The van der Waals surface area contributed by atoms with E-state index in [4.69, 9.17) is 0 Å². The van der Waals surface area contributed by atoms with Gasteiger partial charge >= 0.3 is 0 Å². The van der Waals surface area contributed by atoms with Gasteiger partial charge in [0.25, 0.3) is 0 Å². The highest BCUT2D eigenvalue weighted by Gasteiger charge is 2.71. The van der Waals surface area contributed by atoms with Crippen molar-refractivity contribution in [3.05, 3.63) is 69.7 Å². The molecule has 0 saturated heterocycles. The zero-order valence-electron chi connectivity index (χ0n) is 26.7. The van der Waals surface area contributed by atoms with Crippen LogP contribution in [0.25, 0.3) is 5.57 Å². The Labute approximate surface area is 257 Å². The van der Waals surface area contributed by atoms with Crippen molar-refractivity contribution in [2.75, 3.05) is 0 Å². The fourth-order valence-electron chi connectivity index (χ4n) is 8.65. The van der Waals surface area contributed by atoms with Crippen molar-refractivity contribution in [2.24, 2.45) is 34.0 Å². The highest BCUT2D eigenvalue weighted by Crippen LogP contribution is 2.65. The molecule has 0 spiro atoms. The molecule has 4 aliphatic carbocycles. The standard InChI is InChI=1S/C36H42O8/c1-17(2)27-29(40)25(18(3)37)31(42)36(44)32(43)28-30(41)26-22(14-34(28,7)16-35(27,36)8)20(12-13-23(26)38)19-10-9-11-21(19)24(39)15-33(4,5)6/h9-13,17,21,27,38,40,43-44H,14-16H2,1-8H3/t21?,27?,34-,35-,36+/m1/s1. The Hall–Kier alpha value is -3.78. The maximum Gasteiger partial charge on any atom is 0.209 e. The number of benzene rings is 1. The minimum Gasteiger partial charge on any atom is -0.511 e. The second-order valence-corrected chi connectivity index (χ2v) is 15.1. The molecule has 0 bridgehead atoms. The van der Waals surface area contributed by atoms with Gasteiger partial charge in [0.15, 0.2) is 17.2 Å². The summed E-state index contributed by atoms with van der Waals surface area (Å²) >= 11 is 0.